The summed E-state index contributed by atoms with van der Waals surface area (Å²) >= 11 is 0. The zero-order valence-electron chi connectivity index (χ0n) is 8.22. The largest absolute Gasteiger partial charge is 0.416 e. The van der Waals surface area contributed by atoms with Crippen LogP contribution in [0, 0.1) is 0 Å². The summed E-state index contributed by atoms with van der Waals surface area (Å²) < 4.78 is 35.4. The van der Waals surface area contributed by atoms with E-state index in [1.54, 1.807) is 24.5 Å². The quantitative estimate of drug-likeness (QED) is 0.689. The van der Waals surface area contributed by atoms with Crippen molar-refractivity contribution in [3.8, 4) is 0 Å². The van der Waals surface area contributed by atoms with E-state index in [1.165, 1.54) is 18.5 Å². The summed E-state index contributed by atoms with van der Waals surface area (Å²) in [7, 11) is 0. The highest BCUT2D eigenvalue weighted by atomic mass is 19.4. The number of hydrogen-bond acceptors (Lipinski definition) is 2. The van der Waals surface area contributed by atoms with Crippen LogP contribution in [0.4, 0.5) is 13.2 Å². The lowest BCUT2D eigenvalue weighted by molar-refractivity contribution is -0.137. The molecule has 0 fully saturated rings. The van der Waals surface area contributed by atoms with Crippen LogP contribution in [-0.4, -0.2) is 9.97 Å². The molecule has 0 atom stereocenters. The van der Waals surface area contributed by atoms with Crippen LogP contribution in [0.25, 0.3) is 0 Å². The van der Waals surface area contributed by atoms with Crippen molar-refractivity contribution in [1.82, 2.24) is 9.97 Å². The summed E-state index contributed by atoms with van der Waals surface area (Å²) in [6.45, 7) is 0. The van der Waals surface area contributed by atoms with E-state index in [2.05, 4.69) is 9.97 Å². The number of rotatable bonds is 0. The van der Waals surface area contributed by atoms with Gasteiger partial charge in [0.15, 0.2) is 0 Å². The summed E-state index contributed by atoms with van der Waals surface area (Å²) in [6, 6.07) is 8.14. The monoisotopic (exact) mass is 226 g/mol. The Balaban J connectivity index is 0.000000181. The molecule has 0 N–H and O–H groups in total. The third-order valence-electron chi connectivity index (χ3n) is 1.58. The molecule has 1 aromatic carbocycles. The molecule has 0 saturated carbocycles. The molecular weight excluding hydrogens is 217 g/mol. The second kappa shape index (κ2) is 5.85. The van der Waals surface area contributed by atoms with Crippen molar-refractivity contribution >= 4 is 0 Å². The van der Waals surface area contributed by atoms with Crippen molar-refractivity contribution in [2.75, 3.05) is 0 Å². The predicted octanol–water partition coefficient (Wildman–Crippen LogP) is 3.18. The number of aromatic nitrogens is 2. The van der Waals surface area contributed by atoms with Crippen LogP contribution in [0.5, 0.6) is 0 Å². The Labute approximate surface area is 90.8 Å². The lowest BCUT2D eigenvalue weighted by Gasteiger charge is -2.03. The smallest absolute Gasteiger partial charge is 0.245 e. The van der Waals surface area contributed by atoms with Crippen LogP contribution in [-0.2, 0) is 6.18 Å². The summed E-state index contributed by atoms with van der Waals surface area (Å²) in [5, 5.41) is 0. The van der Waals surface area contributed by atoms with Crippen LogP contribution >= 0.6 is 0 Å². The van der Waals surface area contributed by atoms with Gasteiger partial charge in [-0.3, -0.25) is 0 Å². The molecule has 0 amide bonds. The lowest BCUT2D eigenvalue weighted by atomic mass is 10.2. The van der Waals surface area contributed by atoms with E-state index in [1.807, 2.05) is 0 Å². The van der Waals surface area contributed by atoms with Gasteiger partial charge in [-0.05, 0) is 6.07 Å². The zero-order chi connectivity index (χ0) is 11.9. The maximum atomic E-state index is 11.8. The molecule has 0 saturated heterocycles. The van der Waals surface area contributed by atoms with E-state index in [-0.39, 0.29) is 0 Å². The number of benzene rings is 1. The first kappa shape index (κ1) is 12.2. The Morgan fingerprint density at radius 1 is 0.812 bits per heavy atom. The molecule has 0 radical (unpaired) electrons. The van der Waals surface area contributed by atoms with Crippen LogP contribution in [0.2, 0.25) is 0 Å². The van der Waals surface area contributed by atoms with Gasteiger partial charge in [0, 0.05) is 12.4 Å². The topological polar surface area (TPSA) is 25.8 Å². The van der Waals surface area contributed by atoms with Crippen LogP contribution < -0.4 is 0 Å². The fourth-order valence-electron chi connectivity index (χ4n) is 0.880. The normalized spacial score (nSPS) is 10.2. The Morgan fingerprint density at radius 2 is 1.38 bits per heavy atom. The molecule has 0 aliphatic carbocycles. The Hall–Kier alpha value is -1.91. The molecule has 0 unspecified atom stereocenters. The number of alkyl halides is 3. The predicted molar refractivity (Wildman–Crippen MR) is 53.5 cm³/mol. The fourth-order valence-corrected chi connectivity index (χ4v) is 0.880. The average Bonchev–Trinajstić information content (AvgIpc) is 2.32. The number of hydrogen-bond donors (Lipinski definition) is 0. The van der Waals surface area contributed by atoms with Crippen molar-refractivity contribution < 1.29 is 13.2 Å². The van der Waals surface area contributed by atoms with Crippen LogP contribution in [0.15, 0.2) is 55.1 Å². The minimum atomic E-state index is -4.21. The summed E-state index contributed by atoms with van der Waals surface area (Å²) in [5.41, 5.74) is -0.602. The van der Waals surface area contributed by atoms with Gasteiger partial charge >= 0.3 is 6.18 Å². The molecule has 5 heteroatoms. The zero-order valence-corrected chi connectivity index (χ0v) is 8.22. The molecule has 0 spiro atoms. The van der Waals surface area contributed by atoms with Gasteiger partial charge in [-0.15, -0.1) is 0 Å². The van der Waals surface area contributed by atoms with E-state index in [0.717, 1.165) is 12.1 Å². The molecule has 0 bridgehead atoms. The van der Waals surface area contributed by atoms with Gasteiger partial charge in [0.2, 0.25) is 0 Å². The van der Waals surface area contributed by atoms with Gasteiger partial charge < -0.3 is 0 Å². The fraction of sp³-hybridized carbons (Fsp3) is 0.0909. The van der Waals surface area contributed by atoms with Gasteiger partial charge in [-0.1, -0.05) is 30.3 Å². The van der Waals surface area contributed by atoms with Crippen molar-refractivity contribution in [3.05, 3.63) is 60.7 Å². The van der Waals surface area contributed by atoms with Crippen molar-refractivity contribution in [3.63, 3.8) is 0 Å². The first-order valence-corrected chi connectivity index (χ1v) is 4.43. The van der Waals surface area contributed by atoms with E-state index >= 15 is 0 Å². The molecule has 0 aliphatic heterocycles. The Bertz CT molecular complexity index is 360. The Kier molecular flexibility index (Phi) is 4.44. The maximum absolute atomic E-state index is 11.8. The first-order chi connectivity index (χ1) is 7.61. The highest BCUT2D eigenvalue weighted by molar-refractivity contribution is 5.17. The van der Waals surface area contributed by atoms with Gasteiger partial charge in [0.05, 0.1) is 5.56 Å². The van der Waals surface area contributed by atoms with Crippen molar-refractivity contribution in [2.24, 2.45) is 0 Å². The molecule has 2 nitrogen and oxygen atoms in total. The molecule has 2 rings (SSSR count). The van der Waals surface area contributed by atoms with Crippen molar-refractivity contribution in [2.45, 2.75) is 6.18 Å². The molecule has 1 heterocycles. The SMILES string of the molecule is FC(F)(F)c1ccccc1.c1cncnc1. The van der Waals surface area contributed by atoms with E-state index < -0.39 is 11.7 Å². The molecule has 16 heavy (non-hydrogen) atoms. The van der Waals surface area contributed by atoms with Crippen LogP contribution in [0.3, 0.4) is 0 Å². The second-order valence-electron chi connectivity index (χ2n) is 2.77. The van der Waals surface area contributed by atoms with E-state index in [9.17, 15) is 13.2 Å². The third kappa shape index (κ3) is 4.54. The van der Waals surface area contributed by atoms with Gasteiger partial charge in [-0.2, -0.15) is 13.2 Å². The minimum absolute atomic E-state index is 0.602. The lowest BCUT2D eigenvalue weighted by Crippen LogP contribution is -2.03. The summed E-state index contributed by atoms with van der Waals surface area (Å²) in [6.07, 6.45) is 0.668. The van der Waals surface area contributed by atoms with Gasteiger partial charge in [0.25, 0.3) is 0 Å². The van der Waals surface area contributed by atoms with E-state index in [4.69, 9.17) is 0 Å². The number of halogens is 3. The maximum Gasteiger partial charge on any atom is 0.416 e. The highest BCUT2D eigenvalue weighted by Gasteiger charge is 2.29. The standard InChI is InChI=1S/C7H5F3.C4H4N2/c8-7(9,10)6-4-2-1-3-5-6;1-2-5-4-6-3-1/h1-5H;1-4H. The second-order valence-corrected chi connectivity index (χ2v) is 2.77. The van der Waals surface area contributed by atoms with Gasteiger partial charge in [0.1, 0.15) is 6.33 Å². The number of nitrogens with zero attached hydrogens (tertiary/aromatic N) is 2. The molecule has 2 aromatic rings. The first-order valence-electron chi connectivity index (χ1n) is 4.43. The third-order valence-corrected chi connectivity index (χ3v) is 1.58. The molecule has 1 aromatic heterocycles. The molecule has 0 aliphatic rings. The summed E-state index contributed by atoms with van der Waals surface area (Å²) in [4.78, 5) is 7.35. The molecular formula is C11H9F3N2. The van der Waals surface area contributed by atoms with Gasteiger partial charge in [-0.25, -0.2) is 9.97 Å². The average molecular weight is 226 g/mol. The highest BCUT2D eigenvalue weighted by Crippen LogP contribution is 2.28. The van der Waals surface area contributed by atoms with E-state index in [0.29, 0.717) is 0 Å². The van der Waals surface area contributed by atoms with Crippen molar-refractivity contribution in [1.29, 1.82) is 0 Å². The molecule has 84 valence electrons. The summed E-state index contributed by atoms with van der Waals surface area (Å²) in [5.74, 6) is 0. The minimum Gasteiger partial charge on any atom is -0.245 e. The van der Waals surface area contributed by atoms with Crippen LogP contribution in [0.1, 0.15) is 5.56 Å². The Morgan fingerprint density at radius 3 is 1.62 bits per heavy atom.